The van der Waals surface area contributed by atoms with Crippen molar-refractivity contribution in [3.8, 4) is 0 Å². The summed E-state index contributed by atoms with van der Waals surface area (Å²) in [5.74, 6) is -1.49. The molecule has 3 rings (SSSR count). The zero-order chi connectivity index (χ0) is 21.8. The highest BCUT2D eigenvalue weighted by atomic mass is 35.5. The summed E-state index contributed by atoms with van der Waals surface area (Å²) in [6.45, 7) is 6.69. The smallest absolute Gasteiger partial charge is 0.295 e. The molecule has 0 radical (unpaired) electrons. The van der Waals surface area contributed by atoms with Crippen LogP contribution in [0, 0.1) is 6.92 Å². The van der Waals surface area contributed by atoms with E-state index < -0.39 is 17.7 Å². The van der Waals surface area contributed by atoms with E-state index in [0.29, 0.717) is 30.2 Å². The van der Waals surface area contributed by atoms with E-state index in [4.69, 9.17) is 16.3 Å². The van der Waals surface area contributed by atoms with Gasteiger partial charge in [-0.25, -0.2) is 0 Å². The third kappa shape index (κ3) is 4.74. The minimum absolute atomic E-state index is 0.0951. The highest BCUT2D eigenvalue weighted by Gasteiger charge is 2.45. The lowest BCUT2D eigenvalue weighted by molar-refractivity contribution is -0.140. The van der Waals surface area contributed by atoms with Crippen LogP contribution >= 0.6 is 11.6 Å². The third-order valence-corrected chi connectivity index (χ3v) is 5.26. The van der Waals surface area contributed by atoms with Gasteiger partial charge >= 0.3 is 0 Å². The molecule has 1 amide bonds. The van der Waals surface area contributed by atoms with Crippen molar-refractivity contribution in [3.63, 3.8) is 0 Å². The topological polar surface area (TPSA) is 66.8 Å². The summed E-state index contributed by atoms with van der Waals surface area (Å²) in [7, 11) is 0. The minimum Gasteiger partial charge on any atom is -0.507 e. The highest BCUT2D eigenvalue weighted by Crippen LogP contribution is 2.39. The van der Waals surface area contributed by atoms with Crippen LogP contribution in [0.25, 0.3) is 5.76 Å². The molecule has 5 nitrogen and oxygen atoms in total. The maximum Gasteiger partial charge on any atom is 0.295 e. The van der Waals surface area contributed by atoms with Crippen LogP contribution in [0.5, 0.6) is 0 Å². The number of halogens is 1. The average Bonchev–Trinajstić information content (AvgIpc) is 2.96. The number of aliphatic hydroxyl groups is 1. The number of ketones is 1. The van der Waals surface area contributed by atoms with Crippen LogP contribution in [0.2, 0.25) is 5.02 Å². The molecule has 1 saturated heterocycles. The van der Waals surface area contributed by atoms with Crippen LogP contribution < -0.4 is 0 Å². The normalized spacial score (nSPS) is 18.4. The molecule has 0 spiro atoms. The summed E-state index contributed by atoms with van der Waals surface area (Å²) in [6.07, 6.45) is 0.687. The van der Waals surface area contributed by atoms with Gasteiger partial charge in [-0.2, -0.15) is 0 Å². The molecule has 1 N–H and O–H groups in total. The SMILES string of the molecule is Cc1cccc(C2/C(=C(/O)c3ccc(Cl)cc3)C(=O)C(=O)N2CCCOC(C)C)c1. The van der Waals surface area contributed by atoms with Gasteiger partial charge in [0.25, 0.3) is 11.7 Å². The summed E-state index contributed by atoms with van der Waals surface area (Å²) >= 11 is 5.95. The summed E-state index contributed by atoms with van der Waals surface area (Å²) < 4.78 is 5.58. The van der Waals surface area contributed by atoms with Crippen LogP contribution in [0.1, 0.15) is 43.0 Å². The third-order valence-electron chi connectivity index (χ3n) is 5.01. The molecule has 0 aliphatic carbocycles. The van der Waals surface area contributed by atoms with Crippen LogP contribution in [-0.2, 0) is 14.3 Å². The fourth-order valence-corrected chi connectivity index (χ4v) is 3.74. The predicted molar refractivity (Wildman–Crippen MR) is 117 cm³/mol. The number of carbonyl (C=O) groups is 2. The molecule has 1 unspecified atom stereocenters. The van der Waals surface area contributed by atoms with E-state index in [-0.39, 0.29) is 17.4 Å². The number of hydrogen-bond donors (Lipinski definition) is 1. The first-order valence-corrected chi connectivity index (χ1v) is 10.4. The molecule has 0 aromatic heterocycles. The Hall–Kier alpha value is -2.63. The number of benzene rings is 2. The number of likely N-dealkylation sites (tertiary alicyclic amines) is 1. The van der Waals surface area contributed by atoms with Crippen LogP contribution in [-0.4, -0.2) is 41.0 Å². The highest BCUT2D eigenvalue weighted by molar-refractivity contribution is 6.46. The zero-order valence-electron chi connectivity index (χ0n) is 17.4. The lowest BCUT2D eigenvalue weighted by Gasteiger charge is -2.25. The second kappa shape index (κ2) is 9.45. The molecule has 1 aliphatic heterocycles. The molecule has 0 saturated carbocycles. The molecule has 158 valence electrons. The van der Waals surface area contributed by atoms with Crippen molar-refractivity contribution in [1.82, 2.24) is 4.90 Å². The fraction of sp³-hybridized carbons (Fsp3) is 0.333. The lowest BCUT2D eigenvalue weighted by atomic mass is 9.94. The molecule has 2 aromatic carbocycles. The Kier molecular flexibility index (Phi) is 6.95. The second-order valence-electron chi connectivity index (χ2n) is 7.69. The maximum absolute atomic E-state index is 12.9. The van der Waals surface area contributed by atoms with E-state index >= 15 is 0 Å². The van der Waals surface area contributed by atoms with Gasteiger partial charge in [0, 0.05) is 23.7 Å². The molecule has 1 atom stereocenters. The van der Waals surface area contributed by atoms with Gasteiger partial charge < -0.3 is 14.7 Å². The second-order valence-corrected chi connectivity index (χ2v) is 8.12. The number of hydrogen-bond acceptors (Lipinski definition) is 4. The summed E-state index contributed by atoms with van der Waals surface area (Å²) in [5, 5.41) is 11.5. The first kappa shape index (κ1) is 22.1. The maximum atomic E-state index is 12.9. The quantitative estimate of drug-likeness (QED) is 0.296. The van der Waals surface area contributed by atoms with Gasteiger partial charge in [-0.05, 0) is 57.0 Å². The van der Waals surface area contributed by atoms with E-state index in [2.05, 4.69) is 0 Å². The van der Waals surface area contributed by atoms with E-state index in [1.165, 1.54) is 4.90 Å². The lowest BCUT2D eigenvalue weighted by Crippen LogP contribution is -2.31. The van der Waals surface area contributed by atoms with Crippen molar-refractivity contribution < 1.29 is 19.4 Å². The summed E-state index contributed by atoms with van der Waals surface area (Å²) in [4.78, 5) is 27.3. The zero-order valence-corrected chi connectivity index (χ0v) is 18.1. The Morgan fingerprint density at radius 3 is 2.50 bits per heavy atom. The van der Waals surface area contributed by atoms with E-state index in [9.17, 15) is 14.7 Å². The number of nitrogens with zero attached hydrogens (tertiary/aromatic N) is 1. The first-order valence-electron chi connectivity index (χ1n) is 10.0. The molecule has 30 heavy (non-hydrogen) atoms. The van der Waals surface area contributed by atoms with E-state index in [0.717, 1.165) is 11.1 Å². The summed E-state index contributed by atoms with van der Waals surface area (Å²) in [5.41, 5.74) is 2.33. The molecule has 6 heteroatoms. The molecule has 1 fully saturated rings. The fourth-order valence-electron chi connectivity index (χ4n) is 3.61. The van der Waals surface area contributed by atoms with Crippen molar-refractivity contribution >= 4 is 29.1 Å². The Bertz CT molecular complexity index is 965. The molecular formula is C24H26ClNO4. The van der Waals surface area contributed by atoms with Gasteiger partial charge in [0.15, 0.2) is 0 Å². The number of aryl methyl sites for hydroxylation is 1. The number of ether oxygens (including phenoxy) is 1. The van der Waals surface area contributed by atoms with Gasteiger partial charge in [0.05, 0.1) is 17.7 Å². The van der Waals surface area contributed by atoms with Crippen molar-refractivity contribution in [2.45, 2.75) is 39.3 Å². The van der Waals surface area contributed by atoms with Gasteiger partial charge in [-0.1, -0.05) is 41.4 Å². The van der Waals surface area contributed by atoms with Crippen LogP contribution in [0.4, 0.5) is 0 Å². The van der Waals surface area contributed by atoms with Crippen molar-refractivity contribution in [2.24, 2.45) is 0 Å². The monoisotopic (exact) mass is 427 g/mol. The van der Waals surface area contributed by atoms with Crippen LogP contribution in [0.15, 0.2) is 54.1 Å². The molecule has 1 aliphatic rings. The average molecular weight is 428 g/mol. The first-order chi connectivity index (χ1) is 14.3. The number of aliphatic hydroxyl groups excluding tert-OH is 1. The van der Waals surface area contributed by atoms with Gasteiger partial charge in [-0.3, -0.25) is 9.59 Å². The van der Waals surface area contributed by atoms with Gasteiger partial charge in [-0.15, -0.1) is 0 Å². The van der Waals surface area contributed by atoms with Crippen molar-refractivity contribution in [2.75, 3.05) is 13.2 Å². The van der Waals surface area contributed by atoms with Crippen molar-refractivity contribution in [3.05, 3.63) is 75.8 Å². The molecule has 1 heterocycles. The van der Waals surface area contributed by atoms with Gasteiger partial charge in [0.2, 0.25) is 0 Å². The van der Waals surface area contributed by atoms with Crippen LogP contribution in [0.3, 0.4) is 0 Å². The van der Waals surface area contributed by atoms with E-state index in [1.807, 2.05) is 45.0 Å². The van der Waals surface area contributed by atoms with E-state index in [1.54, 1.807) is 24.3 Å². The Morgan fingerprint density at radius 2 is 1.87 bits per heavy atom. The predicted octanol–water partition coefficient (Wildman–Crippen LogP) is 4.89. The Balaban J connectivity index is 2.03. The molecular weight excluding hydrogens is 402 g/mol. The number of amides is 1. The largest absolute Gasteiger partial charge is 0.507 e. The standard InChI is InChI=1S/C24H26ClNO4/c1-15(2)30-13-5-12-26-21(18-7-4-6-16(3)14-18)20(23(28)24(26)29)22(27)17-8-10-19(25)11-9-17/h4,6-11,14-15,21,27H,5,12-13H2,1-3H3/b22-20-. The summed E-state index contributed by atoms with van der Waals surface area (Å²) in [6, 6.07) is 13.5. The van der Waals surface area contributed by atoms with Gasteiger partial charge in [0.1, 0.15) is 5.76 Å². The number of rotatable bonds is 7. The Labute approximate surface area is 181 Å². The minimum atomic E-state index is -0.682. The van der Waals surface area contributed by atoms with Crippen molar-refractivity contribution in [1.29, 1.82) is 0 Å². The number of carbonyl (C=O) groups excluding carboxylic acids is 2. The Morgan fingerprint density at radius 1 is 1.17 bits per heavy atom. The number of Topliss-reactive ketones (excluding diaryl/α,β-unsaturated/α-hetero) is 1. The molecule has 0 bridgehead atoms. The molecule has 2 aromatic rings.